The van der Waals surface area contributed by atoms with E-state index in [0.717, 1.165) is 19.4 Å². The Morgan fingerprint density at radius 3 is 3.25 bits per heavy atom. The molecule has 0 radical (unpaired) electrons. The van der Waals surface area contributed by atoms with Crippen LogP contribution >= 0.6 is 0 Å². The number of hydrogen-bond donors (Lipinski definition) is 2. The molecule has 2 aromatic heterocycles. The van der Waals surface area contributed by atoms with Crippen LogP contribution in [0.2, 0.25) is 0 Å². The topological polar surface area (TPSA) is 111 Å². The van der Waals surface area contributed by atoms with E-state index < -0.39 is 0 Å². The van der Waals surface area contributed by atoms with Gasteiger partial charge in [-0.2, -0.15) is 5.10 Å². The number of carbonyl (C=O) groups is 1. The first-order valence-electron chi connectivity index (χ1n) is 6.50. The highest BCUT2D eigenvalue weighted by molar-refractivity contribution is 5.88. The molecular weight excluding hydrogens is 262 g/mol. The lowest BCUT2D eigenvalue weighted by Gasteiger charge is -2.03. The number of anilines is 1. The van der Waals surface area contributed by atoms with Crippen molar-refractivity contribution in [1.29, 1.82) is 0 Å². The van der Waals surface area contributed by atoms with Crippen molar-refractivity contribution in [2.75, 3.05) is 11.9 Å². The average Bonchev–Trinajstić information content (AvgIpc) is 3.18. The van der Waals surface area contributed by atoms with E-state index in [0.29, 0.717) is 12.4 Å². The van der Waals surface area contributed by atoms with Crippen LogP contribution < -0.4 is 10.6 Å². The quantitative estimate of drug-likeness (QED) is 0.798. The van der Waals surface area contributed by atoms with Crippen molar-refractivity contribution in [2.45, 2.75) is 31.8 Å². The SMILES string of the molecule is O=C(CCn1cncn1)Nc1nnc(C2CCCN2)o1. The Bertz CT molecular complexity index is 559. The van der Waals surface area contributed by atoms with E-state index in [1.165, 1.54) is 6.33 Å². The molecular formula is C11H15N7O2. The molecule has 1 aliphatic heterocycles. The molecule has 1 unspecified atom stereocenters. The molecule has 9 heteroatoms. The summed E-state index contributed by atoms with van der Waals surface area (Å²) >= 11 is 0. The summed E-state index contributed by atoms with van der Waals surface area (Å²) in [6, 6.07) is 0.237. The minimum atomic E-state index is -0.199. The second-order valence-corrected chi connectivity index (χ2v) is 4.55. The van der Waals surface area contributed by atoms with Gasteiger partial charge < -0.3 is 9.73 Å². The molecule has 2 N–H and O–H groups in total. The molecule has 1 aliphatic rings. The summed E-state index contributed by atoms with van der Waals surface area (Å²) in [5.41, 5.74) is 0. The lowest BCUT2D eigenvalue weighted by Crippen LogP contribution is -2.15. The molecule has 20 heavy (non-hydrogen) atoms. The molecule has 1 fully saturated rings. The van der Waals surface area contributed by atoms with Gasteiger partial charge >= 0.3 is 6.01 Å². The summed E-state index contributed by atoms with van der Waals surface area (Å²) < 4.78 is 7.01. The van der Waals surface area contributed by atoms with Gasteiger partial charge in [0.05, 0.1) is 12.6 Å². The summed E-state index contributed by atoms with van der Waals surface area (Å²) in [6.45, 7) is 1.41. The maximum Gasteiger partial charge on any atom is 0.322 e. The standard InChI is InChI=1S/C11H15N7O2/c19-9(3-5-18-7-12-6-14-18)15-11-17-16-10(20-11)8-2-1-4-13-8/h6-8,13H,1-5H2,(H,15,17,19). The molecule has 3 heterocycles. The normalized spacial score (nSPS) is 18.3. The van der Waals surface area contributed by atoms with Gasteiger partial charge in [-0.25, -0.2) is 4.98 Å². The van der Waals surface area contributed by atoms with Gasteiger partial charge in [0.1, 0.15) is 12.7 Å². The van der Waals surface area contributed by atoms with Crippen LogP contribution in [0, 0.1) is 0 Å². The van der Waals surface area contributed by atoms with Crippen molar-refractivity contribution in [1.82, 2.24) is 30.3 Å². The zero-order valence-corrected chi connectivity index (χ0v) is 10.8. The number of amides is 1. The summed E-state index contributed by atoms with van der Waals surface area (Å²) in [4.78, 5) is 15.5. The van der Waals surface area contributed by atoms with Crippen molar-refractivity contribution in [2.24, 2.45) is 0 Å². The molecule has 0 bridgehead atoms. The first-order chi connectivity index (χ1) is 9.81. The van der Waals surface area contributed by atoms with Gasteiger partial charge in [0.15, 0.2) is 0 Å². The number of nitrogens with one attached hydrogen (secondary N) is 2. The van der Waals surface area contributed by atoms with Crippen molar-refractivity contribution in [3.63, 3.8) is 0 Å². The first-order valence-corrected chi connectivity index (χ1v) is 6.50. The monoisotopic (exact) mass is 277 g/mol. The van der Waals surface area contributed by atoms with Crippen molar-refractivity contribution in [3.05, 3.63) is 18.5 Å². The molecule has 1 atom stereocenters. The molecule has 0 spiro atoms. The predicted molar refractivity (Wildman–Crippen MR) is 67.5 cm³/mol. The number of aryl methyl sites for hydroxylation is 1. The predicted octanol–water partition coefficient (Wildman–Crippen LogP) is 0.114. The lowest BCUT2D eigenvalue weighted by molar-refractivity contribution is -0.116. The third kappa shape index (κ3) is 2.99. The fourth-order valence-corrected chi connectivity index (χ4v) is 2.07. The van der Waals surface area contributed by atoms with Gasteiger partial charge in [0.2, 0.25) is 11.8 Å². The van der Waals surface area contributed by atoms with Crippen LogP contribution in [0.25, 0.3) is 0 Å². The first kappa shape index (κ1) is 12.7. The second-order valence-electron chi connectivity index (χ2n) is 4.55. The Balaban J connectivity index is 1.50. The van der Waals surface area contributed by atoms with E-state index in [2.05, 4.69) is 30.9 Å². The van der Waals surface area contributed by atoms with Gasteiger partial charge in [-0.05, 0) is 19.4 Å². The largest absolute Gasteiger partial charge is 0.406 e. The summed E-state index contributed by atoms with van der Waals surface area (Å²) in [5.74, 6) is 0.323. The highest BCUT2D eigenvalue weighted by Crippen LogP contribution is 2.22. The van der Waals surface area contributed by atoms with E-state index in [9.17, 15) is 4.79 Å². The van der Waals surface area contributed by atoms with Crippen LogP contribution in [0.5, 0.6) is 0 Å². The van der Waals surface area contributed by atoms with Gasteiger partial charge in [-0.3, -0.25) is 14.8 Å². The van der Waals surface area contributed by atoms with Crippen LogP contribution in [0.4, 0.5) is 6.01 Å². The number of hydrogen-bond acceptors (Lipinski definition) is 7. The second kappa shape index (κ2) is 5.78. The highest BCUT2D eigenvalue weighted by atomic mass is 16.4. The molecule has 1 saturated heterocycles. The van der Waals surface area contributed by atoms with Crippen LogP contribution in [-0.2, 0) is 11.3 Å². The molecule has 0 saturated carbocycles. The smallest absolute Gasteiger partial charge is 0.322 e. The minimum absolute atomic E-state index is 0.100. The van der Waals surface area contributed by atoms with Crippen LogP contribution in [0.1, 0.15) is 31.2 Å². The Kier molecular flexibility index (Phi) is 3.68. The van der Waals surface area contributed by atoms with E-state index >= 15 is 0 Å². The molecule has 3 rings (SSSR count). The zero-order chi connectivity index (χ0) is 13.8. The summed E-state index contributed by atoms with van der Waals surface area (Å²) in [7, 11) is 0. The number of aromatic nitrogens is 5. The number of rotatable bonds is 5. The van der Waals surface area contributed by atoms with Gasteiger partial charge in [0.25, 0.3) is 0 Å². The Morgan fingerprint density at radius 2 is 2.50 bits per heavy atom. The van der Waals surface area contributed by atoms with Crippen molar-refractivity contribution in [3.8, 4) is 0 Å². The van der Waals surface area contributed by atoms with E-state index in [1.54, 1.807) is 11.0 Å². The molecule has 1 amide bonds. The average molecular weight is 277 g/mol. The zero-order valence-electron chi connectivity index (χ0n) is 10.8. The summed E-state index contributed by atoms with van der Waals surface area (Å²) in [6.07, 6.45) is 5.32. The molecule has 106 valence electrons. The molecule has 0 aliphatic carbocycles. The number of carbonyl (C=O) groups excluding carboxylic acids is 1. The maximum absolute atomic E-state index is 11.7. The third-order valence-corrected chi connectivity index (χ3v) is 3.08. The van der Waals surface area contributed by atoms with E-state index in [-0.39, 0.29) is 24.4 Å². The van der Waals surface area contributed by atoms with Gasteiger partial charge in [0, 0.05) is 6.42 Å². The van der Waals surface area contributed by atoms with Crippen LogP contribution in [0.15, 0.2) is 17.1 Å². The molecule has 0 aromatic carbocycles. The Hall–Kier alpha value is -2.29. The van der Waals surface area contributed by atoms with E-state index in [4.69, 9.17) is 4.42 Å². The Labute approximate surface area is 114 Å². The van der Waals surface area contributed by atoms with E-state index in [1.807, 2.05) is 0 Å². The van der Waals surface area contributed by atoms with Gasteiger partial charge in [-0.15, -0.1) is 5.10 Å². The minimum Gasteiger partial charge on any atom is -0.406 e. The fraction of sp³-hybridized carbons (Fsp3) is 0.545. The number of nitrogens with zero attached hydrogens (tertiary/aromatic N) is 5. The molecule has 9 nitrogen and oxygen atoms in total. The third-order valence-electron chi connectivity index (χ3n) is 3.08. The van der Waals surface area contributed by atoms with Crippen LogP contribution in [-0.4, -0.2) is 37.4 Å². The van der Waals surface area contributed by atoms with Crippen molar-refractivity contribution < 1.29 is 9.21 Å². The fourth-order valence-electron chi connectivity index (χ4n) is 2.07. The Morgan fingerprint density at radius 1 is 1.55 bits per heavy atom. The molecule has 2 aromatic rings. The van der Waals surface area contributed by atoms with Crippen molar-refractivity contribution >= 4 is 11.9 Å². The lowest BCUT2D eigenvalue weighted by atomic mass is 10.2. The maximum atomic E-state index is 11.7. The highest BCUT2D eigenvalue weighted by Gasteiger charge is 2.22. The van der Waals surface area contributed by atoms with Crippen LogP contribution in [0.3, 0.4) is 0 Å². The van der Waals surface area contributed by atoms with Gasteiger partial charge in [-0.1, -0.05) is 5.10 Å². The summed E-state index contributed by atoms with van der Waals surface area (Å²) in [5, 5.41) is 17.5.